The number of phenolic OH excluding ortho intramolecular Hbond substituents is 1. The fourth-order valence-corrected chi connectivity index (χ4v) is 6.83. The third-order valence-electron chi connectivity index (χ3n) is 8.26. The van der Waals surface area contributed by atoms with E-state index in [1.165, 1.54) is 24.8 Å². The minimum absolute atomic E-state index is 0.0819. The molecule has 140 valence electrons. The maximum Gasteiger partial charge on any atom is 0.165 e. The van der Waals surface area contributed by atoms with Crippen molar-refractivity contribution in [1.82, 2.24) is 4.90 Å². The van der Waals surface area contributed by atoms with Gasteiger partial charge in [0.05, 0.1) is 17.1 Å². The first-order valence-corrected chi connectivity index (χ1v) is 10.2. The van der Waals surface area contributed by atoms with Gasteiger partial charge in [0.25, 0.3) is 0 Å². The number of nitrogens with zero attached hydrogens (tertiary/aromatic N) is 1. The van der Waals surface area contributed by atoms with Gasteiger partial charge in [-0.05, 0) is 62.6 Å². The Kier molecular flexibility index (Phi) is 2.99. The maximum atomic E-state index is 12.1. The molecule has 1 aromatic rings. The number of hydrogen-bond acceptors (Lipinski definition) is 5. The molecule has 3 aliphatic carbocycles. The number of hydrogen-bond donors (Lipinski definition) is 3. The Labute approximate surface area is 153 Å². The first-order chi connectivity index (χ1) is 12.5. The quantitative estimate of drug-likeness (QED) is 0.751. The average molecular weight is 357 g/mol. The van der Waals surface area contributed by atoms with Crippen LogP contribution in [0.25, 0.3) is 0 Å². The van der Waals surface area contributed by atoms with Crippen molar-refractivity contribution in [2.45, 2.75) is 74.2 Å². The Morgan fingerprint density at radius 3 is 2.81 bits per heavy atom. The lowest BCUT2D eigenvalue weighted by atomic mass is 9.48. The molecule has 5 heteroatoms. The molecule has 2 heterocycles. The van der Waals surface area contributed by atoms with E-state index in [1.807, 2.05) is 6.07 Å². The van der Waals surface area contributed by atoms with Crippen LogP contribution in [-0.4, -0.2) is 57.2 Å². The third-order valence-corrected chi connectivity index (χ3v) is 8.26. The molecule has 0 unspecified atom stereocenters. The lowest BCUT2D eigenvalue weighted by Crippen LogP contribution is -2.77. The molecule has 6 rings (SSSR count). The van der Waals surface area contributed by atoms with Gasteiger partial charge >= 0.3 is 0 Å². The maximum absolute atomic E-state index is 12.1. The second-order valence-electron chi connectivity index (χ2n) is 9.25. The highest BCUT2D eigenvalue weighted by molar-refractivity contribution is 5.62. The highest BCUT2D eigenvalue weighted by atomic mass is 16.5. The SMILES string of the molecule is Oc1ccc2c3c1O[C@@H]1[C@H](O)CC[C@@]4(O)[C@@H](C2)N(CC2CCC2)CC[C@]314. The standard InChI is InChI=1S/C21H27NO4/c23-14-5-4-13-10-16-21(25)7-6-15(24)19-20(21,17(13)18(14)26-19)8-9-22(16)11-12-2-1-3-12/h4-5,12,15-16,19,23-25H,1-3,6-11H2/t15-,16-,19-,20+,21-/m1/s1. The first kappa shape index (κ1) is 15.7. The van der Waals surface area contributed by atoms with Crippen LogP contribution >= 0.6 is 0 Å². The van der Waals surface area contributed by atoms with Crippen LogP contribution in [0.4, 0.5) is 0 Å². The predicted octanol–water partition coefficient (Wildman–Crippen LogP) is 1.71. The van der Waals surface area contributed by atoms with Gasteiger partial charge in [0.15, 0.2) is 11.5 Å². The molecule has 26 heavy (non-hydrogen) atoms. The first-order valence-electron chi connectivity index (χ1n) is 10.2. The number of aromatic hydroxyl groups is 1. The summed E-state index contributed by atoms with van der Waals surface area (Å²) in [5, 5.41) is 33.2. The molecule has 0 amide bonds. The summed E-state index contributed by atoms with van der Waals surface area (Å²) < 4.78 is 6.16. The van der Waals surface area contributed by atoms with Crippen molar-refractivity contribution in [3.05, 3.63) is 23.3 Å². The number of ether oxygens (including phenoxy) is 1. The van der Waals surface area contributed by atoms with E-state index in [-0.39, 0.29) is 11.8 Å². The molecule has 1 spiro atoms. The predicted molar refractivity (Wildman–Crippen MR) is 95.4 cm³/mol. The zero-order chi connectivity index (χ0) is 17.7. The van der Waals surface area contributed by atoms with E-state index in [0.29, 0.717) is 18.6 Å². The normalized spacial score (nSPS) is 43.5. The van der Waals surface area contributed by atoms with E-state index in [9.17, 15) is 15.3 Å². The molecule has 5 nitrogen and oxygen atoms in total. The second kappa shape index (κ2) is 4.94. The summed E-state index contributed by atoms with van der Waals surface area (Å²) in [5.41, 5.74) is 0.712. The van der Waals surface area contributed by atoms with Gasteiger partial charge in [0.1, 0.15) is 6.10 Å². The minimum Gasteiger partial charge on any atom is -0.504 e. The van der Waals surface area contributed by atoms with Gasteiger partial charge in [-0.2, -0.15) is 0 Å². The largest absolute Gasteiger partial charge is 0.504 e. The van der Waals surface area contributed by atoms with E-state index < -0.39 is 23.2 Å². The van der Waals surface area contributed by atoms with Gasteiger partial charge in [0, 0.05) is 18.2 Å². The van der Waals surface area contributed by atoms with E-state index in [4.69, 9.17) is 4.74 Å². The van der Waals surface area contributed by atoms with Crippen LogP contribution < -0.4 is 4.74 Å². The van der Waals surface area contributed by atoms with Crippen LogP contribution in [0.2, 0.25) is 0 Å². The molecule has 5 aliphatic rings. The summed E-state index contributed by atoms with van der Waals surface area (Å²) in [6.45, 7) is 2.02. The number of phenols is 1. The van der Waals surface area contributed by atoms with Crippen molar-refractivity contribution in [1.29, 1.82) is 0 Å². The molecule has 3 fully saturated rings. The van der Waals surface area contributed by atoms with Gasteiger partial charge in [-0.15, -0.1) is 0 Å². The van der Waals surface area contributed by atoms with Crippen molar-refractivity contribution >= 4 is 0 Å². The van der Waals surface area contributed by atoms with Crippen molar-refractivity contribution in [3.63, 3.8) is 0 Å². The van der Waals surface area contributed by atoms with Crippen LogP contribution in [0.15, 0.2) is 12.1 Å². The highest BCUT2D eigenvalue weighted by Gasteiger charge is 2.72. The van der Waals surface area contributed by atoms with Gasteiger partial charge in [-0.1, -0.05) is 12.5 Å². The minimum atomic E-state index is -0.884. The zero-order valence-electron chi connectivity index (χ0n) is 15.0. The molecule has 5 atom stereocenters. The topological polar surface area (TPSA) is 73.2 Å². The lowest BCUT2D eigenvalue weighted by molar-refractivity contribution is -0.209. The molecule has 1 saturated heterocycles. The van der Waals surface area contributed by atoms with E-state index >= 15 is 0 Å². The van der Waals surface area contributed by atoms with Gasteiger partial charge < -0.3 is 20.1 Å². The number of rotatable bonds is 2. The Bertz CT molecular complexity index is 778. The number of benzene rings is 1. The molecule has 0 aromatic heterocycles. The Morgan fingerprint density at radius 1 is 1.19 bits per heavy atom. The summed E-state index contributed by atoms with van der Waals surface area (Å²) in [7, 11) is 0. The fraction of sp³-hybridized carbons (Fsp3) is 0.714. The van der Waals surface area contributed by atoms with Crippen LogP contribution in [0.3, 0.4) is 0 Å². The smallest absolute Gasteiger partial charge is 0.165 e. The molecule has 0 radical (unpaired) electrons. The molecular weight excluding hydrogens is 330 g/mol. The second-order valence-corrected chi connectivity index (χ2v) is 9.25. The van der Waals surface area contributed by atoms with Crippen molar-refractivity contribution < 1.29 is 20.1 Å². The summed E-state index contributed by atoms with van der Waals surface area (Å²) in [4.78, 5) is 2.53. The summed E-state index contributed by atoms with van der Waals surface area (Å²) in [6.07, 6.45) is 5.68. The van der Waals surface area contributed by atoms with Crippen molar-refractivity contribution in [3.8, 4) is 11.5 Å². The van der Waals surface area contributed by atoms with Gasteiger partial charge in [-0.25, -0.2) is 0 Å². The van der Waals surface area contributed by atoms with E-state index in [0.717, 1.165) is 37.4 Å². The monoisotopic (exact) mass is 357 g/mol. The summed E-state index contributed by atoms with van der Waals surface area (Å²) in [6, 6.07) is 3.80. The Balaban J connectivity index is 1.52. The molecule has 3 N–H and O–H groups in total. The average Bonchev–Trinajstić information content (AvgIpc) is 2.93. The van der Waals surface area contributed by atoms with E-state index in [1.54, 1.807) is 6.07 Å². The summed E-state index contributed by atoms with van der Waals surface area (Å²) >= 11 is 0. The van der Waals surface area contributed by atoms with Crippen LogP contribution in [0, 0.1) is 5.92 Å². The zero-order valence-corrected chi connectivity index (χ0v) is 15.0. The van der Waals surface area contributed by atoms with Crippen LogP contribution in [-0.2, 0) is 11.8 Å². The third kappa shape index (κ3) is 1.64. The van der Waals surface area contributed by atoms with Gasteiger partial charge in [0.2, 0.25) is 0 Å². The van der Waals surface area contributed by atoms with Crippen LogP contribution in [0.5, 0.6) is 11.5 Å². The van der Waals surface area contributed by atoms with Crippen molar-refractivity contribution in [2.24, 2.45) is 5.92 Å². The number of aliphatic hydroxyl groups excluding tert-OH is 1. The lowest BCUT2D eigenvalue weighted by Gasteiger charge is -2.64. The Hall–Kier alpha value is -1.30. The van der Waals surface area contributed by atoms with E-state index in [2.05, 4.69) is 4.90 Å². The number of piperidine rings is 1. The molecule has 2 aliphatic heterocycles. The Morgan fingerprint density at radius 2 is 2.04 bits per heavy atom. The fourth-order valence-electron chi connectivity index (χ4n) is 6.83. The number of likely N-dealkylation sites (tertiary alicyclic amines) is 1. The highest BCUT2D eigenvalue weighted by Crippen LogP contribution is 2.65. The van der Waals surface area contributed by atoms with Crippen molar-refractivity contribution in [2.75, 3.05) is 13.1 Å². The van der Waals surface area contributed by atoms with Crippen LogP contribution in [0.1, 0.15) is 49.7 Å². The molecule has 1 aromatic carbocycles. The molecule has 2 bridgehead atoms. The van der Waals surface area contributed by atoms with Gasteiger partial charge in [-0.3, -0.25) is 4.90 Å². The summed E-state index contributed by atoms with van der Waals surface area (Å²) in [5.74, 6) is 1.42. The number of aliphatic hydroxyl groups is 2. The molecule has 2 saturated carbocycles. The molecular formula is C21H27NO4.